The van der Waals surface area contributed by atoms with Crippen LogP contribution in [0.1, 0.15) is 25.7 Å². The Balaban J connectivity index is 1.76. The van der Waals surface area contributed by atoms with Gasteiger partial charge in [0.2, 0.25) is 0 Å². The summed E-state index contributed by atoms with van der Waals surface area (Å²) >= 11 is 0. The van der Waals surface area contributed by atoms with Gasteiger partial charge in [-0.2, -0.15) is 0 Å². The lowest BCUT2D eigenvalue weighted by atomic mass is 9.93. The molecule has 64 valence electrons. The minimum Gasteiger partial charge on any atom is -0.502 e. The summed E-state index contributed by atoms with van der Waals surface area (Å²) in [5, 5.41) is 3.46. The fraction of sp³-hybridized carbons (Fsp3) is 0.778. The van der Waals surface area contributed by atoms with Crippen LogP contribution in [0.25, 0.3) is 0 Å². The summed E-state index contributed by atoms with van der Waals surface area (Å²) < 4.78 is 4.99. The Morgan fingerprint density at radius 3 is 2.91 bits per heavy atom. The van der Waals surface area contributed by atoms with Crippen LogP contribution in [0.2, 0.25) is 0 Å². The van der Waals surface area contributed by atoms with Gasteiger partial charge in [-0.1, -0.05) is 13.0 Å². The highest BCUT2D eigenvalue weighted by Crippen LogP contribution is 2.17. The summed E-state index contributed by atoms with van der Waals surface area (Å²) in [4.78, 5) is 0. The van der Waals surface area contributed by atoms with Gasteiger partial charge >= 0.3 is 0 Å². The normalized spacial score (nSPS) is 17.5. The zero-order valence-corrected chi connectivity index (χ0v) is 7.01. The van der Waals surface area contributed by atoms with Crippen molar-refractivity contribution in [3.63, 3.8) is 0 Å². The van der Waals surface area contributed by atoms with Crippen molar-refractivity contribution in [2.24, 2.45) is 0 Å². The minimum atomic E-state index is 0.795. The summed E-state index contributed by atoms with van der Waals surface area (Å²) in [5.41, 5.74) is 0. The molecule has 0 heterocycles. The SMILES string of the molecule is C=COCCCNC1CCC1. The maximum atomic E-state index is 4.99. The number of hydrogen-bond donors (Lipinski definition) is 1. The van der Waals surface area contributed by atoms with E-state index < -0.39 is 0 Å². The Morgan fingerprint density at radius 1 is 1.55 bits per heavy atom. The molecule has 1 aliphatic carbocycles. The first-order valence-corrected chi connectivity index (χ1v) is 4.39. The summed E-state index contributed by atoms with van der Waals surface area (Å²) in [5.74, 6) is 0. The second-order valence-electron chi connectivity index (χ2n) is 2.97. The highest BCUT2D eigenvalue weighted by Gasteiger charge is 2.15. The zero-order chi connectivity index (χ0) is 7.94. The standard InChI is InChI=1S/C9H17NO/c1-2-11-8-4-7-10-9-5-3-6-9/h2,9-10H,1,3-8H2. The molecule has 0 aromatic rings. The van der Waals surface area contributed by atoms with Crippen molar-refractivity contribution in [3.05, 3.63) is 12.8 Å². The maximum Gasteiger partial charge on any atom is 0.0885 e. The Morgan fingerprint density at radius 2 is 2.36 bits per heavy atom. The van der Waals surface area contributed by atoms with E-state index in [1.807, 2.05) is 0 Å². The van der Waals surface area contributed by atoms with Gasteiger partial charge in [0.25, 0.3) is 0 Å². The smallest absolute Gasteiger partial charge is 0.0885 e. The molecule has 1 fully saturated rings. The average Bonchev–Trinajstić information content (AvgIpc) is 1.93. The number of nitrogens with one attached hydrogen (secondary N) is 1. The third-order valence-corrected chi connectivity index (χ3v) is 2.10. The highest BCUT2D eigenvalue weighted by atomic mass is 16.5. The quantitative estimate of drug-likeness (QED) is 0.465. The van der Waals surface area contributed by atoms with Gasteiger partial charge in [-0.15, -0.1) is 0 Å². The molecule has 0 aromatic carbocycles. The molecular weight excluding hydrogens is 138 g/mol. The van der Waals surface area contributed by atoms with E-state index in [9.17, 15) is 0 Å². The molecule has 0 bridgehead atoms. The molecule has 0 atom stereocenters. The predicted molar refractivity (Wildman–Crippen MR) is 46.4 cm³/mol. The molecule has 2 nitrogen and oxygen atoms in total. The van der Waals surface area contributed by atoms with Crippen molar-refractivity contribution < 1.29 is 4.74 Å². The molecule has 11 heavy (non-hydrogen) atoms. The first-order chi connectivity index (χ1) is 5.43. The van der Waals surface area contributed by atoms with Gasteiger partial charge in [-0.25, -0.2) is 0 Å². The van der Waals surface area contributed by atoms with Crippen LogP contribution in [-0.4, -0.2) is 19.2 Å². The second-order valence-corrected chi connectivity index (χ2v) is 2.97. The lowest BCUT2D eigenvalue weighted by molar-refractivity contribution is 0.237. The third-order valence-electron chi connectivity index (χ3n) is 2.10. The van der Waals surface area contributed by atoms with E-state index in [1.54, 1.807) is 0 Å². The molecule has 1 saturated carbocycles. The van der Waals surface area contributed by atoms with Gasteiger partial charge < -0.3 is 10.1 Å². The molecule has 1 N–H and O–H groups in total. The van der Waals surface area contributed by atoms with E-state index in [0.29, 0.717) is 0 Å². The van der Waals surface area contributed by atoms with Gasteiger partial charge in [0, 0.05) is 6.04 Å². The summed E-state index contributed by atoms with van der Waals surface area (Å²) in [6.45, 7) is 5.35. The molecule has 0 unspecified atom stereocenters. The van der Waals surface area contributed by atoms with Gasteiger partial charge in [0.15, 0.2) is 0 Å². The van der Waals surface area contributed by atoms with Crippen LogP contribution in [-0.2, 0) is 4.74 Å². The Labute approximate surface area is 68.6 Å². The monoisotopic (exact) mass is 155 g/mol. The minimum absolute atomic E-state index is 0.795. The van der Waals surface area contributed by atoms with Crippen LogP contribution in [0.15, 0.2) is 12.8 Å². The van der Waals surface area contributed by atoms with E-state index in [-0.39, 0.29) is 0 Å². The molecule has 0 radical (unpaired) electrons. The number of ether oxygens (including phenoxy) is 1. The third kappa shape index (κ3) is 3.42. The molecule has 0 spiro atoms. The zero-order valence-electron chi connectivity index (χ0n) is 7.01. The van der Waals surface area contributed by atoms with Crippen LogP contribution in [0.5, 0.6) is 0 Å². The van der Waals surface area contributed by atoms with Crippen molar-refractivity contribution in [1.29, 1.82) is 0 Å². The number of rotatable bonds is 6. The summed E-state index contributed by atoms with van der Waals surface area (Å²) in [6, 6.07) is 0.804. The van der Waals surface area contributed by atoms with Crippen LogP contribution in [0.3, 0.4) is 0 Å². The number of hydrogen-bond acceptors (Lipinski definition) is 2. The summed E-state index contributed by atoms with van der Waals surface area (Å²) in [7, 11) is 0. The van der Waals surface area contributed by atoms with Crippen molar-refractivity contribution >= 4 is 0 Å². The van der Waals surface area contributed by atoms with E-state index in [4.69, 9.17) is 4.74 Å². The van der Waals surface area contributed by atoms with Crippen LogP contribution in [0.4, 0.5) is 0 Å². The van der Waals surface area contributed by atoms with E-state index >= 15 is 0 Å². The molecule has 0 amide bonds. The fourth-order valence-corrected chi connectivity index (χ4v) is 1.16. The fourth-order valence-electron chi connectivity index (χ4n) is 1.16. The van der Waals surface area contributed by atoms with E-state index in [0.717, 1.165) is 25.6 Å². The van der Waals surface area contributed by atoms with Crippen LogP contribution < -0.4 is 5.32 Å². The van der Waals surface area contributed by atoms with Gasteiger partial charge in [0.05, 0.1) is 12.9 Å². The Kier molecular flexibility index (Phi) is 4.06. The van der Waals surface area contributed by atoms with Crippen LogP contribution in [0, 0.1) is 0 Å². The summed E-state index contributed by atoms with van der Waals surface area (Å²) in [6.07, 6.45) is 6.72. The highest BCUT2D eigenvalue weighted by molar-refractivity contribution is 4.75. The van der Waals surface area contributed by atoms with E-state index in [1.165, 1.54) is 25.5 Å². The predicted octanol–water partition coefficient (Wildman–Crippen LogP) is 1.68. The van der Waals surface area contributed by atoms with Gasteiger partial charge in [-0.05, 0) is 25.8 Å². The molecule has 0 aromatic heterocycles. The first-order valence-electron chi connectivity index (χ1n) is 4.39. The topological polar surface area (TPSA) is 21.3 Å². The molecule has 1 aliphatic rings. The van der Waals surface area contributed by atoms with Crippen molar-refractivity contribution in [1.82, 2.24) is 5.32 Å². The average molecular weight is 155 g/mol. The lowest BCUT2D eigenvalue weighted by Crippen LogP contribution is -2.35. The van der Waals surface area contributed by atoms with Crippen LogP contribution >= 0.6 is 0 Å². The largest absolute Gasteiger partial charge is 0.502 e. The molecule has 1 rings (SSSR count). The van der Waals surface area contributed by atoms with Crippen molar-refractivity contribution in [2.75, 3.05) is 13.2 Å². The Hall–Kier alpha value is -0.500. The maximum absolute atomic E-state index is 4.99. The molecule has 0 saturated heterocycles. The molecule has 2 heteroatoms. The Bertz CT molecular complexity index is 110. The van der Waals surface area contributed by atoms with Gasteiger partial charge in [-0.3, -0.25) is 0 Å². The molecule has 0 aliphatic heterocycles. The first kappa shape index (κ1) is 8.60. The van der Waals surface area contributed by atoms with Gasteiger partial charge in [0.1, 0.15) is 0 Å². The lowest BCUT2D eigenvalue weighted by Gasteiger charge is -2.26. The van der Waals surface area contributed by atoms with Crippen molar-refractivity contribution in [2.45, 2.75) is 31.7 Å². The van der Waals surface area contributed by atoms with Crippen molar-refractivity contribution in [3.8, 4) is 0 Å². The second kappa shape index (κ2) is 5.19. The molecular formula is C9H17NO. The van der Waals surface area contributed by atoms with E-state index in [2.05, 4.69) is 11.9 Å².